The topological polar surface area (TPSA) is 55.6 Å². The average molecular weight is 281 g/mol. The highest BCUT2D eigenvalue weighted by Gasteiger charge is 2.08. The summed E-state index contributed by atoms with van der Waals surface area (Å²) in [7, 11) is 1.92. The Kier molecular flexibility index (Phi) is 3.66. The Balaban J connectivity index is 1.75. The highest BCUT2D eigenvalue weighted by molar-refractivity contribution is 5.78. The van der Waals surface area contributed by atoms with Crippen molar-refractivity contribution in [3.8, 4) is 0 Å². The number of rotatable bonds is 4. The predicted octanol–water partition coefficient (Wildman–Crippen LogP) is 2.52. The predicted molar refractivity (Wildman–Crippen MR) is 82.7 cm³/mol. The fourth-order valence-electron chi connectivity index (χ4n) is 2.47. The Morgan fingerprint density at radius 1 is 1.33 bits per heavy atom. The van der Waals surface area contributed by atoms with Gasteiger partial charge in [-0.3, -0.25) is 9.67 Å². The van der Waals surface area contributed by atoms with E-state index in [0.717, 1.165) is 28.8 Å². The van der Waals surface area contributed by atoms with E-state index in [2.05, 4.69) is 39.4 Å². The van der Waals surface area contributed by atoms with Gasteiger partial charge in [0.2, 0.25) is 0 Å². The van der Waals surface area contributed by atoms with E-state index >= 15 is 0 Å². The van der Waals surface area contributed by atoms with Crippen molar-refractivity contribution in [3.05, 3.63) is 53.6 Å². The van der Waals surface area contributed by atoms with Crippen LogP contribution in [0, 0.1) is 6.92 Å². The molecule has 21 heavy (non-hydrogen) atoms. The monoisotopic (exact) mass is 281 g/mol. The number of aryl methyl sites for hydroxylation is 2. The van der Waals surface area contributed by atoms with Crippen molar-refractivity contribution in [1.82, 2.24) is 25.1 Å². The number of fused-ring (bicyclic) bond motifs is 1. The Morgan fingerprint density at radius 2 is 2.19 bits per heavy atom. The first kappa shape index (κ1) is 13.7. The summed E-state index contributed by atoms with van der Waals surface area (Å²) in [6.45, 7) is 4.92. The van der Waals surface area contributed by atoms with Crippen LogP contribution in [0.5, 0.6) is 0 Å². The van der Waals surface area contributed by atoms with Crippen LogP contribution in [0.15, 0.2) is 36.8 Å². The average Bonchev–Trinajstić information content (AvgIpc) is 2.80. The molecule has 1 atom stereocenters. The molecule has 5 heteroatoms. The third-order valence-electron chi connectivity index (χ3n) is 3.72. The molecule has 3 aromatic heterocycles. The van der Waals surface area contributed by atoms with Gasteiger partial charge in [0.15, 0.2) is 5.65 Å². The van der Waals surface area contributed by atoms with Crippen molar-refractivity contribution < 1.29 is 0 Å². The largest absolute Gasteiger partial charge is 0.306 e. The minimum absolute atomic E-state index is 0.254. The highest BCUT2D eigenvalue weighted by atomic mass is 15.3. The number of pyridine rings is 2. The molecule has 5 nitrogen and oxygen atoms in total. The third kappa shape index (κ3) is 2.78. The molecule has 3 rings (SSSR count). The normalized spacial score (nSPS) is 12.7. The summed E-state index contributed by atoms with van der Waals surface area (Å²) in [4.78, 5) is 8.65. The molecule has 0 amide bonds. The second-order valence-corrected chi connectivity index (χ2v) is 5.31. The van der Waals surface area contributed by atoms with E-state index in [1.54, 1.807) is 6.20 Å². The van der Waals surface area contributed by atoms with Gasteiger partial charge in [-0.25, -0.2) is 4.98 Å². The van der Waals surface area contributed by atoms with E-state index in [-0.39, 0.29) is 6.04 Å². The summed E-state index contributed by atoms with van der Waals surface area (Å²) in [6.07, 6.45) is 5.59. The highest BCUT2D eigenvalue weighted by Crippen LogP contribution is 2.17. The van der Waals surface area contributed by atoms with Crippen molar-refractivity contribution >= 4 is 11.0 Å². The lowest BCUT2D eigenvalue weighted by Gasteiger charge is -2.13. The summed E-state index contributed by atoms with van der Waals surface area (Å²) >= 11 is 0. The molecule has 0 bridgehead atoms. The zero-order chi connectivity index (χ0) is 14.8. The van der Waals surface area contributed by atoms with Gasteiger partial charge in [0.25, 0.3) is 0 Å². The van der Waals surface area contributed by atoms with E-state index in [1.807, 2.05) is 37.1 Å². The minimum Gasteiger partial charge on any atom is -0.306 e. The summed E-state index contributed by atoms with van der Waals surface area (Å²) in [5.41, 5.74) is 4.29. The van der Waals surface area contributed by atoms with Crippen LogP contribution < -0.4 is 5.32 Å². The lowest BCUT2D eigenvalue weighted by molar-refractivity contribution is 0.572. The van der Waals surface area contributed by atoms with E-state index in [9.17, 15) is 0 Å². The molecule has 0 radical (unpaired) electrons. The second-order valence-electron chi connectivity index (χ2n) is 5.31. The van der Waals surface area contributed by atoms with Crippen molar-refractivity contribution in [1.29, 1.82) is 0 Å². The molecule has 0 aliphatic heterocycles. The molecule has 108 valence electrons. The smallest absolute Gasteiger partial charge is 0.157 e. The number of nitrogens with zero attached hydrogens (tertiary/aromatic N) is 4. The first-order chi connectivity index (χ1) is 10.1. The van der Waals surface area contributed by atoms with Crippen LogP contribution in [0.1, 0.15) is 29.8 Å². The third-order valence-corrected chi connectivity index (χ3v) is 3.72. The quantitative estimate of drug-likeness (QED) is 0.798. The van der Waals surface area contributed by atoms with E-state index in [4.69, 9.17) is 0 Å². The molecular weight excluding hydrogens is 262 g/mol. The first-order valence-electron chi connectivity index (χ1n) is 7.06. The molecular formula is C16H19N5. The Hall–Kier alpha value is -2.27. The van der Waals surface area contributed by atoms with Crippen LogP contribution in [0.3, 0.4) is 0 Å². The molecule has 0 unspecified atom stereocenters. The number of hydrogen-bond acceptors (Lipinski definition) is 4. The van der Waals surface area contributed by atoms with Crippen molar-refractivity contribution in [2.45, 2.75) is 26.4 Å². The van der Waals surface area contributed by atoms with Crippen LogP contribution in [0.4, 0.5) is 0 Å². The molecule has 0 fully saturated rings. The van der Waals surface area contributed by atoms with E-state index in [1.165, 1.54) is 5.56 Å². The van der Waals surface area contributed by atoms with Crippen molar-refractivity contribution in [2.24, 2.45) is 7.05 Å². The summed E-state index contributed by atoms with van der Waals surface area (Å²) in [5.74, 6) is 0. The maximum atomic E-state index is 4.50. The van der Waals surface area contributed by atoms with Gasteiger partial charge in [0.05, 0.1) is 5.69 Å². The fourth-order valence-corrected chi connectivity index (χ4v) is 2.47. The zero-order valence-corrected chi connectivity index (χ0v) is 12.5. The van der Waals surface area contributed by atoms with Gasteiger partial charge in [0.1, 0.15) is 0 Å². The fraction of sp³-hybridized carbons (Fsp3) is 0.312. The van der Waals surface area contributed by atoms with Crippen LogP contribution in [-0.2, 0) is 13.6 Å². The lowest BCUT2D eigenvalue weighted by atomic mass is 10.1. The minimum atomic E-state index is 0.254. The maximum Gasteiger partial charge on any atom is 0.157 e. The van der Waals surface area contributed by atoms with Crippen molar-refractivity contribution in [2.75, 3.05) is 0 Å². The molecule has 0 spiro atoms. The summed E-state index contributed by atoms with van der Waals surface area (Å²) < 4.78 is 1.82. The van der Waals surface area contributed by atoms with Crippen LogP contribution in [0.25, 0.3) is 11.0 Å². The Labute approximate surface area is 124 Å². The van der Waals surface area contributed by atoms with Gasteiger partial charge in [-0.2, -0.15) is 5.10 Å². The standard InChI is InChI=1S/C16H19N5/c1-11(14-5-4-6-17-10-14)18-8-13-7-15-12(2)20-21(3)16(15)19-9-13/h4-7,9-11,18H,8H2,1-3H3/t11-/m1/s1. The number of hydrogen-bond donors (Lipinski definition) is 1. The van der Waals surface area contributed by atoms with Gasteiger partial charge < -0.3 is 5.32 Å². The molecule has 1 N–H and O–H groups in total. The molecule has 0 saturated heterocycles. The van der Waals surface area contributed by atoms with Gasteiger partial charge in [0, 0.05) is 43.6 Å². The maximum absolute atomic E-state index is 4.50. The zero-order valence-electron chi connectivity index (χ0n) is 12.5. The second kappa shape index (κ2) is 5.61. The van der Waals surface area contributed by atoms with E-state index < -0.39 is 0 Å². The van der Waals surface area contributed by atoms with Crippen molar-refractivity contribution in [3.63, 3.8) is 0 Å². The van der Waals surface area contributed by atoms with Gasteiger partial charge in [-0.05, 0) is 37.1 Å². The molecule has 0 aromatic carbocycles. The van der Waals surface area contributed by atoms with Crippen LogP contribution >= 0.6 is 0 Å². The first-order valence-corrected chi connectivity index (χ1v) is 7.06. The summed E-state index contributed by atoms with van der Waals surface area (Å²) in [5, 5.41) is 9.02. The van der Waals surface area contributed by atoms with E-state index in [0.29, 0.717) is 0 Å². The van der Waals surface area contributed by atoms with Gasteiger partial charge in [-0.15, -0.1) is 0 Å². The molecule has 3 heterocycles. The Bertz CT molecular complexity index is 748. The molecule has 0 aliphatic carbocycles. The summed E-state index contributed by atoms with van der Waals surface area (Å²) in [6, 6.07) is 6.45. The SMILES string of the molecule is Cc1nn(C)c2ncc(CN[C@H](C)c3cccnc3)cc12. The lowest BCUT2D eigenvalue weighted by Crippen LogP contribution is -2.18. The van der Waals surface area contributed by atoms with Crippen LogP contribution in [0.2, 0.25) is 0 Å². The molecule has 0 aliphatic rings. The molecule has 3 aromatic rings. The number of aromatic nitrogens is 4. The molecule has 0 saturated carbocycles. The Morgan fingerprint density at radius 3 is 2.95 bits per heavy atom. The number of nitrogens with one attached hydrogen (secondary N) is 1. The van der Waals surface area contributed by atoms with Crippen LogP contribution in [-0.4, -0.2) is 19.7 Å². The van der Waals surface area contributed by atoms with Gasteiger partial charge in [-0.1, -0.05) is 6.07 Å². The van der Waals surface area contributed by atoms with Gasteiger partial charge >= 0.3 is 0 Å².